The molecule has 1 N–H and O–H groups in total. The molecule has 0 atom stereocenters. The van der Waals surface area contributed by atoms with E-state index >= 15 is 0 Å². The maximum absolute atomic E-state index is 11.9. The van der Waals surface area contributed by atoms with Crippen LogP contribution in [0.5, 0.6) is 5.88 Å². The number of methoxy groups -OCH3 is 1. The monoisotopic (exact) mass is 339 g/mol. The van der Waals surface area contributed by atoms with Gasteiger partial charge in [-0.2, -0.15) is 4.98 Å². The zero-order valence-electron chi connectivity index (χ0n) is 13.7. The number of ether oxygens (including phenoxy) is 1. The molecule has 0 aliphatic carbocycles. The lowest BCUT2D eigenvalue weighted by Crippen LogP contribution is -2.23. The quantitative estimate of drug-likeness (QED) is 0.700. The van der Waals surface area contributed by atoms with Gasteiger partial charge in [-0.05, 0) is 17.7 Å². The molecule has 1 amide bonds. The largest absolute Gasteiger partial charge is 0.481 e. The van der Waals surface area contributed by atoms with Gasteiger partial charge < -0.3 is 14.6 Å². The lowest BCUT2D eigenvalue weighted by Gasteiger charge is -2.05. The second-order valence-corrected chi connectivity index (χ2v) is 5.23. The van der Waals surface area contributed by atoms with E-state index in [-0.39, 0.29) is 12.3 Å². The second-order valence-electron chi connectivity index (χ2n) is 5.23. The molecule has 0 aliphatic rings. The van der Waals surface area contributed by atoms with Crippen molar-refractivity contribution >= 4 is 5.91 Å². The van der Waals surface area contributed by atoms with Gasteiger partial charge in [0.1, 0.15) is 0 Å². The number of nitrogens with one attached hydrogen (secondary N) is 1. The summed E-state index contributed by atoms with van der Waals surface area (Å²) in [5.74, 6) is 1.35. The van der Waals surface area contributed by atoms with Crippen molar-refractivity contribution in [2.75, 3.05) is 7.11 Å². The lowest BCUT2D eigenvalue weighted by molar-refractivity contribution is -0.121. The van der Waals surface area contributed by atoms with Gasteiger partial charge in [-0.1, -0.05) is 11.2 Å². The van der Waals surface area contributed by atoms with Crippen LogP contribution in [0.3, 0.4) is 0 Å². The van der Waals surface area contributed by atoms with Crippen molar-refractivity contribution in [3.05, 3.63) is 54.3 Å². The number of pyridine rings is 2. The molecule has 8 heteroatoms. The highest BCUT2D eigenvalue weighted by molar-refractivity contribution is 5.76. The van der Waals surface area contributed by atoms with Gasteiger partial charge >= 0.3 is 0 Å². The summed E-state index contributed by atoms with van der Waals surface area (Å²) in [5, 5.41) is 6.74. The Morgan fingerprint density at radius 2 is 2.08 bits per heavy atom. The average Bonchev–Trinajstić information content (AvgIpc) is 3.15. The van der Waals surface area contributed by atoms with Crippen LogP contribution in [0, 0.1) is 0 Å². The van der Waals surface area contributed by atoms with Crippen LogP contribution in [0.2, 0.25) is 0 Å². The summed E-state index contributed by atoms with van der Waals surface area (Å²) < 4.78 is 10.2. The minimum atomic E-state index is -0.0977. The number of aromatic nitrogens is 4. The number of carbonyl (C=O) groups is 1. The van der Waals surface area contributed by atoms with Crippen molar-refractivity contribution in [1.29, 1.82) is 0 Å². The highest BCUT2D eigenvalue weighted by Crippen LogP contribution is 2.14. The van der Waals surface area contributed by atoms with E-state index in [1.807, 2.05) is 6.07 Å². The summed E-state index contributed by atoms with van der Waals surface area (Å²) in [6.07, 6.45) is 5.63. The van der Waals surface area contributed by atoms with Crippen LogP contribution in [0.25, 0.3) is 11.4 Å². The number of amides is 1. The predicted octanol–water partition coefficient (Wildman–Crippen LogP) is 1.78. The van der Waals surface area contributed by atoms with Crippen LogP contribution < -0.4 is 10.1 Å². The highest BCUT2D eigenvalue weighted by Gasteiger charge is 2.10. The Morgan fingerprint density at radius 1 is 1.24 bits per heavy atom. The first-order chi connectivity index (χ1) is 12.2. The van der Waals surface area contributed by atoms with Crippen LogP contribution in [-0.2, 0) is 17.8 Å². The van der Waals surface area contributed by atoms with Crippen molar-refractivity contribution in [3.8, 4) is 17.3 Å². The number of rotatable bonds is 7. The van der Waals surface area contributed by atoms with E-state index < -0.39 is 0 Å². The Bertz CT molecular complexity index is 818. The van der Waals surface area contributed by atoms with Crippen LogP contribution in [0.15, 0.2) is 47.4 Å². The molecular formula is C17H17N5O3. The number of carbonyl (C=O) groups excluding carboxylic acids is 1. The third kappa shape index (κ3) is 4.60. The predicted molar refractivity (Wildman–Crippen MR) is 88.5 cm³/mol. The molecule has 0 aromatic carbocycles. The molecule has 3 aromatic heterocycles. The summed E-state index contributed by atoms with van der Waals surface area (Å²) >= 11 is 0. The molecule has 0 spiro atoms. The van der Waals surface area contributed by atoms with Crippen LogP contribution in [0.4, 0.5) is 0 Å². The van der Waals surface area contributed by atoms with E-state index in [9.17, 15) is 4.79 Å². The molecule has 3 aromatic rings. The van der Waals surface area contributed by atoms with Crippen molar-refractivity contribution in [2.24, 2.45) is 0 Å². The van der Waals surface area contributed by atoms with Gasteiger partial charge in [0.2, 0.25) is 23.5 Å². The third-order valence-electron chi connectivity index (χ3n) is 3.47. The molecule has 0 radical (unpaired) electrons. The molecule has 3 rings (SSSR count). The maximum atomic E-state index is 11.9. The van der Waals surface area contributed by atoms with Gasteiger partial charge in [0.15, 0.2) is 0 Å². The van der Waals surface area contributed by atoms with Crippen molar-refractivity contribution in [3.63, 3.8) is 0 Å². The van der Waals surface area contributed by atoms with Crippen molar-refractivity contribution in [1.82, 2.24) is 25.4 Å². The Kier molecular flexibility index (Phi) is 5.30. The molecule has 0 aliphatic heterocycles. The third-order valence-corrected chi connectivity index (χ3v) is 3.47. The number of aryl methyl sites for hydroxylation is 1. The fourth-order valence-corrected chi connectivity index (χ4v) is 2.12. The van der Waals surface area contributed by atoms with E-state index in [4.69, 9.17) is 9.26 Å². The zero-order valence-corrected chi connectivity index (χ0v) is 13.7. The molecule has 0 unspecified atom stereocenters. The van der Waals surface area contributed by atoms with Gasteiger partial charge in [-0.25, -0.2) is 4.98 Å². The fourth-order valence-electron chi connectivity index (χ4n) is 2.12. The fraction of sp³-hybridized carbons (Fsp3) is 0.235. The zero-order chi connectivity index (χ0) is 17.5. The standard InChI is InChI=1S/C17H17N5O3/c1-24-15-4-2-12(11-20-15)10-19-14(23)3-5-16-21-17(22-25-16)13-6-8-18-9-7-13/h2,4,6-9,11H,3,5,10H2,1H3,(H,19,23). The van der Waals surface area contributed by atoms with Crippen LogP contribution >= 0.6 is 0 Å². The van der Waals surface area contributed by atoms with Crippen LogP contribution in [0.1, 0.15) is 17.9 Å². The molecule has 0 saturated carbocycles. The van der Waals surface area contributed by atoms with E-state index in [2.05, 4.69) is 25.4 Å². The summed E-state index contributed by atoms with van der Waals surface area (Å²) in [5.41, 5.74) is 1.72. The molecule has 0 saturated heterocycles. The number of hydrogen-bond donors (Lipinski definition) is 1. The van der Waals surface area contributed by atoms with Crippen molar-refractivity contribution < 1.29 is 14.1 Å². The Labute approximate surface area is 144 Å². The topological polar surface area (TPSA) is 103 Å². The smallest absolute Gasteiger partial charge is 0.227 e. The van der Waals surface area contributed by atoms with Gasteiger partial charge in [0, 0.05) is 49.6 Å². The highest BCUT2D eigenvalue weighted by atomic mass is 16.5. The van der Waals surface area contributed by atoms with Gasteiger partial charge in [-0.15, -0.1) is 0 Å². The summed E-state index contributed by atoms with van der Waals surface area (Å²) in [7, 11) is 1.56. The maximum Gasteiger partial charge on any atom is 0.227 e. The average molecular weight is 339 g/mol. The minimum Gasteiger partial charge on any atom is -0.481 e. The molecule has 8 nitrogen and oxygen atoms in total. The van der Waals surface area contributed by atoms with E-state index in [0.717, 1.165) is 11.1 Å². The first kappa shape index (κ1) is 16.6. The summed E-state index contributed by atoms with van der Waals surface area (Å²) in [6, 6.07) is 7.19. The van der Waals surface area contributed by atoms with Gasteiger partial charge in [-0.3, -0.25) is 9.78 Å². The van der Waals surface area contributed by atoms with Crippen LogP contribution in [-0.4, -0.2) is 33.1 Å². The number of nitrogens with zero attached hydrogens (tertiary/aromatic N) is 4. The van der Waals surface area contributed by atoms with Gasteiger partial charge in [0.25, 0.3) is 0 Å². The minimum absolute atomic E-state index is 0.0977. The van der Waals surface area contributed by atoms with E-state index in [0.29, 0.717) is 30.6 Å². The molecule has 0 bridgehead atoms. The van der Waals surface area contributed by atoms with E-state index in [1.165, 1.54) is 0 Å². The SMILES string of the molecule is COc1ccc(CNC(=O)CCc2nc(-c3ccncc3)no2)cn1. The van der Waals surface area contributed by atoms with E-state index in [1.54, 1.807) is 43.9 Å². The lowest BCUT2D eigenvalue weighted by atomic mass is 10.2. The summed E-state index contributed by atoms with van der Waals surface area (Å²) in [6.45, 7) is 0.405. The Balaban J connectivity index is 1.46. The normalized spacial score (nSPS) is 10.4. The molecule has 0 fully saturated rings. The Hall–Kier alpha value is -3.29. The second kappa shape index (κ2) is 8.00. The first-order valence-electron chi connectivity index (χ1n) is 7.73. The Morgan fingerprint density at radius 3 is 2.80 bits per heavy atom. The number of hydrogen-bond acceptors (Lipinski definition) is 7. The first-order valence-corrected chi connectivity index (χ1v) is 7.73. The van der Waals surface area contributed by atoms with Gasteiger partial charge in [0.05, 0.1) is 7.11 Å². The molecular weight excluding hydrogens is 322 g/mol. The molecule has 128 valence electrons. The summed E-state index contributed by atoms with van der Waals surface area (Å²) in [4.78, 5) is 24.2. The molecule has 25 heavy (non-hydrogen) atoms. The van der Waals surface area contributed by atoms with Crippen molar-refractivity contribution in [2.45, 2.75) is 19.4 Å². The molecule has 3 heterocycles.